The van der Waals surface area contributed by atoms with E-state index in [1.54, 1.807) is 12.3 Å². The van der Waals surface area contributed by atoms with Crippen LogP contribution in [0.2, 0.25) is 0 Å². The summed E-state index contributed by atoms with van der Waals surface area (Å²) in [7, 11) is 2.14. The van der Waals surface area contributed by atoms with E-state index in [1.807, 2.05) is 6.92 Å². The lowest BCUT2D eigenvalue weighted by atomic mass is 10.5. The predicted molar refractivity (Wildman–Crippen MR) is 67.3 cm³/mol. The molecule has 0 atom stereocenters. The first-order valence-corrected chi connectivity index (χ1v) is 6.19. The molecule has 5 nitrogen and oxygen atoms in total. The Morgan fingerprint density at radius 1 is 1.53 bits per heavy atom. The van der Waals surface area contributed by atoms with Crippen molar-refractivity contribution in [3.05, 3.63) is 12.3 Å². The minimum absolute atomic E-state index is 0.626. The number of likely N-dealkylation sites (N-methyl/N-ethyl adjacent to an activating group) is 1. The maximum atomic E-state index is 5.61. The molecule has 0 radical (unpaired) electrons. The van der Waals surface area contributed by atoms with Gasteiger partial charge >= 0.3 is 0 Å². The predicted octanol–water partition coefficient (Wildman–Crippen LogP) is 1.38. The fourth-order valence-corrected chi connectivity index (χ4v) is 1.66. The van der Waals surface area contributed by atoms with Crippen molar-refractivity contribution in [2.75, 3.05) is 32.1 Å². The van der Waals surface area contributed by atoms with Crippen molar-refractivity contribution in [3.63, 3.8) is 0 Å². The van der Waals surface area contributed by atoms with Gasteiger partial charge in [-0.05, 0) is 26.8 Å². The van der Waals surface area contributed by atoms with Gasteiger partial charge in [-0.25, -0.2) is 4.98 Å². The number of nitrogens with zero attached hydrogens (tertiary/aromatic N) is 3. The maximum absolute atomic E-state index is 5.61. The summed E-state index contributed by atoms with van der Waals surface area (Å²) in [6.45, 7) is 4.45. The van der Waals surface area contributed by atoms with Crippen LogP contribution in [0.1, 0.15) is 19.8 Å². The van der Waals surface area contributed by atoms with E-state index in [1.165, 1.54) is 12.8 Å². The highest BCUT2D eigenvalue weighted by molar-refractivity contribution is 5.26. The van der Waals surface area contributed by atoms with Crippen molar-refractivity contribution < 1.29 is 4.74 Å². The van der Waals surface area contributed by atoms with Crippen LogP contribution >= 0.6 is 0 Å². The Kier molecular flexibility index (Phi) is 4.14. The molecule has 0 spiro atoms. The molecule has 1 heterocycles. The Morgan fingerprint density at radius 2 is 2.35 bits per heavy atom. The molecular weight excluding hydrogens is 216 g/mol. The largest absolute Gasteiger partial charge is 0.476 e. The Bertz CT molecular complexity index is 354. The van der Waals surface area contributed by atoms with Gasteiger partial charge in [0.2, 0.25) is 11.8 Å². The van der Waals surface area contributed by atoms with Crippen LogP contribution in [-0.4, -0.2) is 47.7 Å². The summed E-state index contributed by atoms with van der Waals surface area (Å²) in [4.78, 5) is 10.7. The zero-order valence-electron chi connectivity index (χ0n) is 10.5. The molecule has 1 fully saturated rings. The number of aromatic nitrogens is 2. The number of hydrogen-bond acceptors (Lipinski definition) is 5. The molecule has 0 amide bonds. The van der Waals surface area contributed by atoms with E-state index in [2.05, 4.69) is 27.2 Å². The van der Waals surface area contributed by atoms with E-state index in [4.69, 9.17) is 4.74 Å². The van der Waals surface area contributed by atoms with E-state index in [-0.39, 0.29) is 0 Å². The van der Waals surface area contributed by atoms with Crippen molar-refractivity contribution in [2.24, 2.45) is 0 Å². The zero-order valence-corrected chi connectivity index (χ0v) is 10.5. The van der Waals surface area contributed by atoms with E-state index in [0.29, 0.717) is 18.4 Å². The molecule has 1 saturated carbocycles. The zero-order chi connectivity index (χ0) is 12.1. The van der Waals surface area contributed by atoms with Crippen LogP contribution in [0.5, 0.6) is 5.88 Å². The molecule has 1 aromatic rings. The van der Waals surface area contributed by atoms with Gasteiger partial charge in [-0.2, -0.15) is 4.98 Å². The number of hydrogen-bond donors (Lipinski definition) is 1. The molecule has 94 valence electrons. The van der Waals surface area contributed by atoms with Gasteiger partial charge in [-0.15, -0.1) is 0 Å². The van der Waals surface area contributed by atoms with Crippen molar-refractivity contribution >= 4 is 5.95 Å². The molecule has 0 saturated heterocycles. The molecule has 17 heavy (non-hydrogen) atoms. The van der Waals surface area contributed by atoms with Gasteiger partial charge in [0, 0.05) is 31.4 Å². The van der Waals surface area contributed by atoms with Gasteiger partial charge in [0.1, 0.15) is 6.61 Å². The molecule has 0 aromatic carbocycles. The lowest BCUT2D eigenvalue weighted by Crippen LogP contribution is -2.26. The second-order valence-electron chi connectivity index (χ2n) is 4.31. The van der Waals surface area contributed by atoms with E-state index in [9.17, 15) is 0 Å². The summed E-state index contributed by atoms with van der Waals surface area (Å²) >= 11 is 0. The SMILES string of the molecule is CCNc1nccc(OCCN(C)C2CC2)n1. The van der Waals surface area contributed by atoms with E-state index in [0.717, 1.165) is 19.1 Å². The third-order valence-electron chi connectivity index (χ3n) is 2.83. The summed E-state index contributed by atoms with van der Waals surface area (Å²) in [5, 5.41) is 3.06. The monoisotopic (exact) mass is 236 g/mol. The molecular formula is C12H20N4O. The lowest BCUT2D eigenvalue weighted by Gasteiger charge is -2.15. The molecule has 1 aromatic heterocycles. The van der Waals surface area contributed by atoms with Gasteiger partial charge < -0.3 is 15.0 Å². The number of rotatable bonds is 7. The third kappa shape index (κ3) is 3.85. The molecule has 1 aliphatic carbocycles. The van der Waals surface area contributed by atoms with Gasteiger partial charge in [0.15, 0.2) is 0 Å². The Hall–Kier alpha value is -1.36. The van der Waals surface area contributed by atoms with Gasteiger partial charge in [0.05, 0.1) is 0 Å². The van der Waals surface area contributed by atoms with E-state index < -0.39 is 0 Å². The molecule has 0 unspecified atom stereocenters. The maximum Gasteiger partial charge on any atom is 0.225 e. The number of nitrogens with one attached hydrogen (secondary N) is 1. The summed E-state index contributed by atoms with van der Waals surface area (Å²) < 4.78 is 5.61. The fourth-order valence-electron chi connectivity index (χ4n) is 1.66. The first-order valence-electron chi connectivity index (χ1n) is 6.19. The molecule has 1 aliphatic rings. The van der Waals surface area contributed by atoms with Gasteiger partial charge in [0.25, 0.3) is 0 Å². The van der Waals surface area contributed by atoms with Gasteiger partial charge in [-0.3, -0.25) is 0 Å². The molecule has 1 N–H and O–H groups in total. The normalized spacial score (nSPS) is 15.0. The molecule has 5 heteroatoms. The van der Waals surface area contributed by atoms with E-state index >= 15 is 0 Å². The van der Waals surface area contributed by atoms with Crippen LogP contribution in [-0.2, 0) is 0 Å². The highest BCUT2D eigenvalue weighted by Crippen LogP contribution is 2.24. The summed E-state index contributed by atoms with van der Waals surface area (Å²) in [5.41, 5.74) is 0. The van der Waals surface area contributed by atoms with Crippen molar-refractivity contribution in [1.82, 2.24) is 14.9 Å². The minimum Gasteiger partial charge on any atom is -0.476 e. The standard InChI is InChI=1S/C12H20N4O/c1-3-13-12-14-7-6-11(15-12)17-9-8-16(2)10-4-5-10/h6-7,10H,3-5,8-9H2,1-2H3,(H,13,14,15). The smallest absolute Gasteiger partial charge is 0.225 e. The molecule has 2 rings (SSSR count). The van der Waals surface area contributed by atoms with Crippen molar-refractivity contribution in [2.45, 2.75) is 25.8 Å². The fraction of sp³-hybridized carbons (Fsp3) is 0.667. The second-order valence-corrected chi connectivity index (χ2v) is 4.31. The Labute approximate surface area is 102 Å². The van der Waals surface area contributed by atoms with Gasteiger partial charge in [-0.1, -0.05) is 0 Å². The van der Waals surface area contributed by atoms with Crippen LogP contribution in [0.3, 0.4) is 0 Å². The Morgan fingerprint density at radius 3 is 3.06 bits per heavy atom. The highest BCUT2D eigenvalue weighted by Gasteiger charge is 2.25. The Balaban J connectivity index is 1.75. The lowest BCUT2D eigenvalue weighted by molar-refractivity contribution is 0.226. The first kappa shape index (κ1) is 12.1. The average Bonchev–Trinajstić information content (AvgIpc) is 3.14. The van der Waals surface area contributed by atoms with Crippen molar-refractivity contribution in [1.29, 1.82) is 0 Å². The van der Waals surface area contributed by atoms with Crippen molar-refractivity contribution in [3.8, 4) is 5.88 Å². The molecule has 0 bridgehead atoms. The first-order chi connectivity index (χ1) is 8.29. The third-order valence-corrected chi connectivity index (χ3v) is 2.83. The summed E-state index contributed by atoms with van der Waals surface area (Å²) in [5.74, 6) is 1.26. The summed E-state index contributed by atoms with van der Waals surface area (Å²) in [6.07, 6.45) is 4.37. The van der Waals surface area contributed by atoms with Crippen LogP contribution in [0.15, 0.2) is 12.3 Å². The second kappa shape index (κ2) is 5.82. The van der Waals surface area contributed by atoms with Crippen LogP contribution < -0.4 is 10.1 Å². The van der Waals surface area contributed by atoms with Crippen LogP contribution in [0.25, 0.3) is 0 Å². The van der Waals surface area contributed by atoms with Crippen LogP contribution in [0.4, 0.5) is 5.95 Å². The molecule has 0 aliphatic heterocycles. The topological polar surface area (TPSA) is 50.3 Å². The number of anilines is 1. The average molecular weight is 236 g/mol. The quantitative estimate of drug-likeness (QED) is 0.775. The van der Waals surface area contributed by atoms with Crippen LogP contribution in [0, 0.1) is 0 Å². The number of ether oxygens (including phenoxy) is 1. The summed E-state index contributed by atoms with van der Waals surface area (Å²) in [6, 6.07) is 2.57. The minimum atomic E-state index is 0.626. The highest BCUT2D eigenvalue weighted by atomic mass is 16.5.